The van der Waals surface area contributed by atoms with Crippen LogP contribution in [0.2, 0.25) is 0 Å². The number of urea groups is 1. The molecule has 0 aliphatic rings. The van der Waals surface area contributed by atoms with E-state index in [0.717, 1.165) is 0 Å². The number of hydrogen-bond donors (Lipinski definition) is 2. The topological polar surface area (TPSA) is 78.9 Å². The Morgan fingerprint density at radius 1 is 1.37 bits per heavy atom. The van der Waals surface area contributed by atoms with Gasteiger partial charge in [0.15, 0.2) is 0 Å². The third-order valence-electron chi connectivity index (χ3n) is 2.89. The number of nitrogens with one attached hydrogen (secondary N) is 1. The first-order valence-electron chi connectivity index (χ1n) is 6.63. The zero-order valence-electron chi connectivity index (χ0n) is 12.5. The molecule has 0 aromatic heterocycles. The van der Waals surface area contributed by atoms with Crippen molar-refractivity contribution in [2.24, 2.45) is 0 Å². The molecule has 19 heavy (non-hydrogen) atoms. The second kappa shape index (κ2) is 7.99. The van der Waals surface area contributed by atoms with Crippen molar-refractivity contribution < 1.29 is 19.4 Å². The molecule has 0 saturated heterocycles. The fourth-order valence-corrected chi connectivity index (χ4v) is 1.63. The predicted octanol–water partition coefficient (Wildman–Crippen LogP) is 1.70. The third kappa shape index (κ3) is 7.00. The lowest BCUT2D eigenvalue weighted by Gasteiger charge is -2.30. The summed E-state index contributed by atoms with van der Waals surface area (Å²) in [5, 5.41) is 11.6. The average molecular weight is 274 g/mol. The van der Waals surface area contributed by atoms with Gasteiger partial charge in [-0.15, -0.1) is 0 Å². The van der Waals surface area contributed by atoms with Crippen LogP contribution in [0.3, 0.4) is 0 Å². The first-order valence-corrected chi connectivity index (χ1v) is 6.63. The molecule has 6 nitrogen and oxygen atoms in total. The molecule has 0 spiro atoms. The van der Waals surface area contributed by atoms with Crippen LogP contribution in [0.5, 0.6) is 0 Å². The first kappa shape index (κ1) is 17.7. The third-order valence-corrected chi connectivity index (χ3v) is 2.89. The highest BCUT2D eigenvalue weighted by molar-refractivity contribution is 5.80. The van der Waals surface area contributed by atoms with Crippen LogP contribution in [0.4, 0.5) is 4.79 Å². The van der Waals surface area contributed by atoms with Crippen LogP contribution in [0.1, 0.15) is 41.0 Å². The maximum atomic E-state index is 12.0. The number of ether oxygens (including phenoxy) is 1. The van der Waals surface area contributed by atoms with Gasteiger partial charge in [0.2, 0.25) is 0 Å². The zero-order chi connectivity index (χ0) is 15.1. The summed E-state index contributed by atoms with van der Waals surface area (Å²) < 4.78 is 5.48. The molecule has 0 aromatic rings. The van der Waals surface area contributed by atoms with Gasteiger partial charge in [0.1, 0.15) is 6.54 Å². The number of rotatable bonds is 8. The van der Waals surface area contributed by atoms with Crippen LogP contribution in [0.25, 0.3) is 0 Å². The van der Waals surface area contributed by atoms with Crippen LogP contribution in [0.15, 0.2) is 0 Å². The van der Waals surface area contributed by atoms with E-state index in [1.54, 1.807) is 0 Å². The fraction of sp³-hybridized carbons (Fsp3) is 0.846. The summed E-state index contributed by atoms with van der Waals surface area (Å²) in [6.07, 6.45) is 0.704. The minimum absolute atomic E-state index is 0.119. The van der Waals surface area contributed by atoms with Crippen molar-refractivity contribution in [2.75, 3.05) is 19.7 Å². The maximum absolute atomic E-state index is 12.0. The van der Waals surface area contributed by atoms with Crippen molar-refractivity contribution in [1.29, 1.82) is 0 Å². The molecule has 0 rings (SSSR count). The molecule has 0 bridgehead atoms. The number of carboxylic acid groups (broad SMARTS) is 1. The highest BCUT2D eigenvalue weighted by Crippen LogP contribution is 2.08. The molecule has 1 unspecified atom stereocenters. The van der Waals surface area contributed by atoms with E-state index in [9.17, 15) is 9.59 Å². The summed E-state index contributed by atoms with van der Waals surface area (Å²) in [7, 11) is 0. The number of carbonyl (C=O) groups excluding carboxylic acids is 1. The van der Waals surface area contributed by atoms with E-state index in [1.807, 2.05) is 34.6 Å². The van der Waals surface area contributed by atoms with Crippen molar-refractivity contribution in [2.45, 2.75) is 52.7 Å². The monoisotopic (exact) mass is 274 g/mol. The van der Waals surface area contributed by atoms with Crippen LogP contribution in [-0.4, -0.2) is 53.3 Å². The second-order valence-corrected chi connectivity index (χ2v) is 5.13. The van der Waals surface area contributed by atoms with E-state index in [4.69, 9.17) is 9.84 Å². The molecule has 0 saturated carbocycles. The largest absolute Gasteiger partial charge is 0.480 e. The first-order chi connectivity index (χ1) is 8.73. The molecular formula is C13H26N2O4. The molecule has 0 fully saturated rings. The highest BCUT2D eigenvalue weighted by Gasteiger charge is 2.24. The molecule has 2 amide bonds. The number of aliphatic carboxylic acids is 1. The molecule has 0 radical (unpaired) electrons. The minimum atomic E-state index is -1.01. The van der Waals surface area contributed by atoms with E-state index in [1.165, 1.54) is 4.90 Å². The van der Waals surface area contributed by atoms with Gasteiger partial charge >= 0.3 is 12.0 Å². The predicted molar refractivity (Wildman–Crippen MR) is 73.2 cm³/mol. The molecule has 0 heterocycles. The molecule has 0 aliphatic carbocycles. The van der Waals surface area contributed by atoms with Crippen molar-refractivity contribution >= 4 is 12.0 Å². The number of hydrogen-bond acceptors (Lipinski definition) is 3. The Hall–Kier alpha value is -1.30. The highest BCUT2D eigenvalue weighted by atomic mass is 16.5. The molecule has 6 heteroatoms. The molecule has 2 N–H and O–H groups in total. The van der Waals surface area contributed by atoms with Gasteiger partial charge in [0, 0.05) is 19.2 Å². The second-order valence-electron chi connectivity index (χ2n) is 5.13. The number of amides is 2. The Morgan fingerprint density at radius 3 is 2.37 bits per heavy atom. The Morgan fingerprint density at radius 2 is 1.95 bits per heavy atom. The molecule has 112 valence electrons. The smallest absolute Gasteiger partial charge is 0.323 e. The molecular weight excluding hydrogens is 248 g/mol. The van der Waals surface area contributed by atoms with Crippen LogP contribution >= 0.6 is 0 Å². The lowest BCUT2D eigenvalue weighted by molar-refractivity contribution is -0.138. The SMILES string of the molecule is CCOC(C)(C)CNC(=O)N(CC(=O)O)C(C)CC. The maximum Gasteiger partial charge on any atom is 0.323 e. The van der Waals surface area contributed by atoms with Gasteiger partial charge in [-0.3, -0.25) is 4.79 Å². The van der Waals surface area contributed by atoms with Crippen LogP contribution in [0, 0.1) is 0 Å². The Labute approximate surface area is 115 Å². The summed E-state index contributed by atoms with van der Waals surface area (Å²) in [5.41, 5.74) is -0.464. The van der Waals surface area contributed by atoms with Crippen molar-refractivity contribution in [3.8, 4) is 0 Å². The lowest BCUT2D eigenvalue weighted by atomic mass is 10.1. The number of nitrogens with zero attached hydrogens (tertiary/aromatic N) is 1. The van der Waals surface area contributed by atoms with Crippen molar-refractivity contribution in [1.82, 2.24) is 10.2 Å². The van der Waals surface area contributed by atoms with Gasteiger partial charge < -0.3 is 20.1 Å². The Kier molecular flexibility index (Phi) is 7.44. The summed E-state index contributed by atoms with van der Waals surface area (Å²) in [5.74, 6) is -1.01. The van der Waals surface area contributed by atoms with E-state index < -0.39 is 11.6 Å². The summed E-state index contributed by atoms with van der Waals surface area (Å²) in [6.45, 7) is 9.99. The van der Waals surface area contributed by atoms with E-state index in [2.05, 4.69) is 5.32 Å². The van der Waals surface area contributed by atoms with E-state index in [-0.39, 0.29) is 18.6 Å². The molecule has 1 atom stereocenters. The van der Waals surface area contributed by atoms with Gasteiger partial charge in [-0.25, -0.2) is 4.79 Å². The number of carbonyl (C=O) groups is 2. The standard InChI is InChI=1S/C13H26N2O4/c1-6-10(3)15(8-11(16)17)12(18)14-9-13(4,5)19-7-2/h10H,6-9H2,1-5H3,(H,14,18)(H,16,17). The average Bonchev–Trinajstić information content (AvgIpc) is 2.32. The summed E-state index contributed by atoms with van der Waals surface area (Å²) >= 11 is 0. The van der Waals surface area contributed by atoms with Gasteiger partial charge in [-0.05, 0) is 34.1 Å². The number of carboxylic acids is 1. The van der Waals surface area contributed by atoms with Gasteiger partial charge in [-0.2, -0.15) is 0 Å². The van der Waals surface area contributed by atoms with Gasteiger partial charge in [0.25, 0.3) is 0 Å². The lowest BCUT2D eigenvalue weighted by Crippen LogP contribution is -2.50. The van der Waals surface area contributed by atoms with Crippen molar-refractivity contribution in [3.63, 3.8) is 0 Å². The summed E-state index contributed by atoms with van der Waals surface area (Å²) in [6, 6.07) is -0.490. The zero-order valence-corrected chi connectivity index (χ0v) is 12.5. The Balaban J connectivity index is 4.52. The van der Waals surface area contributed by atoms with Gasteiger partial charge in [0.05, 0.1) is 5.60 Å². The van der Waals surface area contributed by atoms with Crippen LogP contribution < -0.4 is 5.32 Å². The van der Waals surface area contributed by atoms with E-state index in [0.29, 0.717) is 19.6 Å². The minimum Gasteiger partial charge on any atom is -0.480 e. The normalized spacial score (nSPS) is 12.9. The summed E-state index contributed by atoms with van der Waals surface area (Å²) in [4.78, 5) is 24.1. The molecule has 0 aliphatic heterocycles. The van der Waals surface area contributed by atoms with E-state index >= 15 is 0 Å². The van der Waals surface area contributed by atoms with Gasteiger partial charge in [-0.1, -0.05) is 6.92 Å². The molecule has 0 aromatic carbocycles. The van der Waals surface area contributed by atoms with Crippen LogP contribution in [-0.2, 0) is 9.53 Å². The van der Waals surface area contributed by atoms with Crippen molar-refractivity contribution in [3.05, 3.63) is 0 Å². The quantitative estimate of drug-likeness (QED) is 0.706. The fourth-order valence-electron chi connectivity index (χ4n) is 1.63. The Bertz CT molecular complexity index is 305.